The Bertz CT molecular complexity index is 1060. The topological polar surface area (TPSA) is 66.5 Å². The van der Waals surface area contributed by atoms with E-state index in [-0.39, 0.29) is 12.6 Å². The van der Waals surface area contributed by atoms with E-state index >= 15 is 0 Å². The van der Waals surface area contributed by atoms with Crippen molar-refractivity contribution < 1.29 is 31.9 Å². The van der Waals surface area contributed by atoms with Crippen LogP contribution >= 0.6 is 23.2 Å². The smallest absolute Gasteiger partial charge is 0.355 e. The number of ketones is 1. The molecule has 1 saturated heterocycles. The highest BCUT2D eigenvalue weighted by atomic mass is 35.5. The molecule has 1 heterocycles. The van der Waals surface area contributed by atoms with Gasteiger partial charge in [-0.3, -0.25) is 14.4 Å². The maximum Gasteiger partial charge on any atom is 0.416 e. The van der Waals surface area contributed by atoms with Gasteiger partial charge in [-0.15, -0.1) is 0 Å². The third kappa shape index (κ3) is 5.21. The van der Waals surface area contributed by atoms with Gasteiger partial charge in [0.1, 0.15) is 11.7 Å². The highest BCUT2D eigenvalue weighted by Gasteiger charge is 2.44. The molecule has 1 fully saturated rings. The Labute approximate surface area is 190 Å². The number of Topliss-reactive ketones (excluding diaryl/α,β-unsaturated/α-hetero) is 1. The molecule has 0 spiro atoms. The van der Waals surface area contributed by atoms with E-state index in [2.05, 4.69) is 5.32 Å². The van der Waals surface area contributed by atoms with Crippen LogP contribution in [0.15, 0.2) is 36.4 Å². The molecule has 32 heavy (non-hydrogen) atoms. The summed E-state index contributed by atoms with van der Waals surface area (Å²) in [6, 6.07) is 6.59. The number of nitrogens with zero attached hydrogens (tertiary/aromatic N) is 1. The molecule has 0 bridgehead atoms. The number of amides is 2. The first kappa shape index (κ1) is 24.0. The van der Waals surface area contributed by atoms with Gasteiger partial charge in [0.15, 0.2) is 0 Å². The molecule has 2 aromatic carbocycles. The Morgan fingerprint density at radius 3 is 2.41 bits per heavy atom. The number of hydrogen-bond donors (Lipinski definition) is 1. The molecule has 1 N–H and O–H groups in total. The Morgan fingerprint density at radius 1 is 1.12 bits per heavy atom. The molecule has 0 saturated carbocycles. The number of anilines is 1. The van der Waals surface area contributed by atoms with E-state index in [1.54, 1.807) is 18.2 Å². The average molecular weight is 491 g/mol. The second-order valence-corrected chi connectivity index (χ2v) is 7.94. The monoisotopic (exact) mass is 490 g/mol. The third-order valence-corrected chi connectivity index (χ3v) is 5.65. The standard InChI is InChI=1S/C21H16Cl2F4N2O3/c22-16-4-1-5-17(23)14(16)3-2-6-28-19(31)15-10-29(20(32)18(15)30)13-8-11(21(25,26)27)7-12(24)9-13/h1,4-5,7-9,15H,2-3,6,10H2,(H,28,31). The lowest BCUT2D eigenvalue weighted by Crippen LogP contribution is -2.36. The zero-order valence-corrected chi connectivity index (χ0v) is 17.8. The van der Waals surface area contributed by atoms with Gasteiger partial charge in [0.2, 0.25) is 11.7 Å². The van der Waals surface area contributed by atoms with Crippen molar-refractivity contribution in [2.45, 2.75) is 19.0 Å². The van der Waals surface area contributed by atoms with Crippen LogP contribution in [0, 0.1) is 11.7 Å². The van der Waals surface area contributed by atoms with Crippen molar-refractivity contribution in [1.82, 2.24) is 5.32 Å². The normalized spacial score (nSPS) is 16.6. The summed E-state index contributed by atoms with van der Waals surface area (Å²) in [4.78, 5) is 37.6. The number of carbonyl (C=O) groups is 3. The zero-order chi connectivity index (χ0) is 23.6. The zero-order valence-electron chi connectivity index (χ0n) is 16.3. The molecule has 5 nitrogen and oxygen atoms in total. The van der Waals surface area contributed by atoms with Crippen LogP contribution < -0.4 is 10.2 Å². The molecule has 2 amide bonds. The van der Waals surface area contributed by atoms with E-state index in [1.807, 2.05) is 0 Å². The third-order valence-electron chi connectivity index (χ3n) is 4.94. The summed E-state index contributed by atoms with van der Waals surface area (Å²) in [7, 11) is 0. The van der Waals surface area contributed by atoms with Crippen molar-refractivity contribution in [3.8, 4) is 0 Å². The largest absolute Gasteiger partial charge is 0.416 e. The summed E-state index contributed by atoms with van der Waals surface area (Å²) in [6.45, 7) is -0.336. The molecule has 0 aliphatic carbocycles. The molecule has 0 aromatic heterocycles. The van der Waals surface area contributed by atoms with Crippen LogP contribution in [0.25, 0.3) is 0 Å². The molecule has 1 aliphatic rings. The maximum absolute atomic E-state index is 13.7. The van der Waals surface area contributed by atoms with Gasteiger partial charge in [0, 0.05) is 28.8 Å². The number of halogens is 6. The van der Waals surface area contributed by atoms with Gasteiger partial charge in [-0.2, -0.15) is 13.2 Å². The number of rotatable bonds is 6. The van der Waals surface area contributed by atoms with E-state index in [0.717, 1.165) is 0 Å². The van der Waals surface area contributed by atoms with E-state index in [1.165, 1.54) is 0 Å². The Hall–Kier alpha value is -2.65. The van der Waals surface area contributed by atoms with Gasteiger partial charge in [-0.05, 0) is 48.7 Å². The molecule has 2 aromatic rings. The minimum absolute atomic E-state index is 0.149. The van der Waals surface area contributed by atoms with Crippen LogP contribution in [0.4, 0.5) is 23.2 Å². The summed E-state index contributed by atoms with van der Waals surface area (Å²) in [6.07, 6.45) is -3.95. The van der Waals surface area contributed by atoms with Crippen LogP contribution in [0.2, 0.25) is 10.0 Å². The molecular formula is C21H16Cl2F4N2O3. The van der Waals surface area contributed by atoms with Gasteiger partial charge >= 0.3 is 6.18 Å². The number of hydrogen-bond acceptors (Lipinski definition) is 3. The summed E-state index contributed by atoms with van der Waals surface area (Å²) in [5, 5.41) is 3.48. The average Bonchev–Trinajstić information content (AvgIpc) is 3.01. The van der Waals surface area contributed by atoms with Crippen molar-refractivity contribution in [3.63, 3.8) is 0 Å². The Balaban J connectivity index is 1.64. The second-order valence-electron chi connectivity index (χ2n) is 7.12. The van der Waals surface area contributed by atoms with Crippen LogP contribution in [0.1, 0.15) is 17.5 Å². The van der Waals surface area contributed by atoms with Gasteiger partial charge < -0.3 is 10.2 Å². The Morgan fingerprint density at radius 2 is 1.78 bits per heavy atom. The summed E-state index contributed by atoms with van der Waals surface area (Å²) in [5.74, 6) is -5.63. The van der Waals surface area contributed by atoms with E-state index in [9.17, 15) is 31.9 Å². The molecule has 11 heteroatoms. The van der Waals surface area contributed by atoms with Gasteiger partial charge in [-0.25, -0.2) is 4.39 Å². The first-order chi connectivity index (χ1) is 15.0. The molecular weight excluding hydrogens is 475 g/mol. The molecule has 0 radical (unpaired) electrons. The van der Waals surface area contributed by atoms with Crippen LogP contribution in [-0.2, 0) is 27.0 Å². The number of carbonyl (C=O) groups excluding carboxylic acids is 3. The predicted octanol–water partition coefficient (Wildman–Crippen LogP) is 4.43. The lowest BCUT2D eigenvalue weighted by atomic mass is 10.1. The quantitative estimate of drug-likeness (QED) is 0.282. The van der Waals surface area contributed by atoms with E-state index < -0.39 is 53.3 Å². The van der Waals surface area contributed by atoms with Crippen molar-refractivity contribution in [3.05, 3.63) is 63.4 Å². The SMILES string of the molecule is O=C(NCCCc1c(Cl)cccc1Cl)C1CN(c2cc(F)cc(C(F)(F)F)c2)C(=O)C1=O. The molecule has 1 aliphatic heterocycles. The number of alkyl halides is 3. The lowest BCUT2D eigenvalue weighted by Gasteiger charge is -2.18. The first-order valence-corrected chi connectivity index (χ1v) is 10.2. The molecule has 1 unspecified atom stereocenters. The minimum Gasteiger partial charge on any atom is -0.355 e. The second kappa shape index (κ2) is 9.46. The highest BCUT2D eigenvalue weighted by molar-refractivity contribution is 6.47. The first-order valence-electron chi connectivity index (χ1n) is 9.43. The van der Waals surface area contributed by atoms with Crippen molar-refractivity contribution >= 4 is 46.5 Å². The fraction of sp³-hybridized carbons (Fsp3) is 0.286. The number of nitrogens with one attached hydrogen (secondary N) is 1. The van der Waals surface area contributed by atoms with Crippen LogP contribution in [0.3, 0.4) is 0 Å². The highest BCUT2D eigenvalue weighted by Crippen LogP contribution is 2.34. The van der Waals surface area contributed by atoms with Crippen molar-refractivity contribution in [2.24, 2.45) is 5.92 Å². The van der Waals surface area contributed by atoms with E-state index in [0.29, 0.717) is 45.5 Å². The molecule has 1 atom stereocenters. The van der Waals surface area contributed by atoms with Crippen molar-refractivity contribution in [2.75, 3.05) is 18.0 Å². The fourth-order valence-electron chi connectivity index (χ4n) is 3.32. The fourth-order valence-corrected chi connectivity index (χ4v) is 3.91. The summed E-state index contributed by atoms with van der Waals surface area (Å²) < 4.78 is 52.5. The van der Waals surface area contributed by atoms with Crippen LogP contribution in [0.5, 0.6) is 0 Å². The lowest BCUT2D eigenvalue weighted by molar-refractivity contribution is -0.139. The van der Waals surface area contributed by atoms with Crippen molar-refractivity contribution in [1.29, 1.82) is 0 Å². The van der Waals surface area contributed by atoms with E-state index in [4.69, 9.17) is 23.2 Å². The van der Waals surface area contributed by atoms with Gasteiger partial charge in [-0.1, -0.05) is 29.3 Å². The van der Waals surface area contributed by atoms with Crippen LogP contribution in [-0.4, -0.2) is 30.7 Å². The Kier molecular flexibility index (Phi) is 7.09. The van der Waals surface area contributed by atoms with Gasteiger partial charge in [0.05, 0.1) is 5.56 Å². The molecule has 170 valence electrons. The number of benzene rings is 2. The predicted molar refractivity (Wildman–Crippen MR) is 110 cm³/mol. The maximum atomic E-state index is 13.7. The summed E-state index contributed by atoms with van der Waals surface area (Å²) >= 11 is 12.2. The molecule has 3 rings (SSSR count). The van der Waals surface area contributed by atoms with Gasteiger partial charge in [0.25, 0.3) is 5.91 Å². The minimum atomic E-state index is -4.84. The summed E-state index contributed by atoms with van der Waals surface area (Å²) in [5.41, 5.74) is -1.05.